The summed E-state index contributed by atoms with van der Waals surface area (Å²) in [5, 5.41) is 2.92. The van der Waals surface area contributed by atoms with Gasteiger partial charge in [-0.15, -0.1) is 0 Å². The van der Waals surface area contributed by atoms with Gasteiger partial charge in [0.2, 0.25) is 11.8 Å². The number of ether oxygens (including phenoxy) is 2. The molecule has 2 aliphatic rings. The zero-order valence-corrected chi connectivity index (χ0v) is 14.0. The molecule has 1 aromatic rings. The van der Waals surface area contributed by atoms with Crippen molar-refractivity contribution in [1.82, 2.24) is 5.32 Å². The summed E-state index contributed by atoms with van der Waals surface area (Å²) in [6, 6.07) is 7.40. The predicted molar refractivity (Wildman–Crippen MR) is 90.1 cm³/mol. The summed E-state index contributed by atoms with van der Waals surface area (Å²) in [4.78, 5) is 26.2. The lowest BCUT2D eigenvalue weighted by molar-refractivity contribution is -0.126. The highest BCUT2D eigenvalue weighted by Gasteiger charge is 2.35. The molecule has 2 amide bonds. The van der Waals surface area contributed by atoms with Crippen molar-refractivity contribution in [2.24, 2.45) is 5.92 Å². The van der Waals surface area contributed by atoms with Crippen LogP contribution in [0.25, 0.3) is 0 Å². The average Bonchev–Trinajstić information content (AvgIpc) is 3.23. The van der Waals surface area contributed by atoms with Crippen LogP contribution in [0.4, 0.5) is 5.69 Å². The highest BCUT2D eigenvalue weighted by Crippen LogP contribution is 2.27. The van der Waals surface area contributed by atoms with E-state index in [1.807, 2.05) is 31.2 Å². The zero-order valence-electron chi connectivity index (χ0n) is 14.0. The van der Waals surface area contributed by atoms with Crippen LogP contribution in [0.1, 0.15) is 26.2 Å². The molecule has 2 saturated heterocycles. The minimum absolute atomic E-state index is 0.0172. The van der Waals surface area contributed by atoms with Gasteiger partial charge in [-0.1, -0.05) is 0 Å². The highest BCUT2D eigenvalue weighted by atomic mass is 16.5. The van der Waals surface area contributed by atoms with E-state index in [4.69, 9.17) is 9.47 Å². The first-order chi connectivity index (χ1) is 11.7. The van der Waals surface area contributed by atoms with Crippen LogP contribution in [0.2, 0.25) is 0 Å². The normalized spacial score (nSPS) is 23.5. The number of nitrogens with zero attached hydrogens (tertiary/aromatic N) is 1. The smallest absolute Gasteiger partial charge is 0.227 e. The molecule has 1 aromatic carbocycles. The molecule has 0 spiro atoms. The Morgan fingerprint density at radius 3 is 2.83 bits per heavy atom. The minimum Gasteiger partial charge on any atom is -0.494 e. The number of benzene rings is 1. The fourth-order valence-corrected chi connectivity index (χ4v) is 3.19. The van der Waals surface area contributed by atoms with Gasteiger partial charge in [-0.25, -0.2) is 0 Å². The van der Waals surface area contributed by atoms with Gasteiger partial charge in [0.1, 0.15) is 5.75 Å². The van der Waals surface area contributed by atoms with E-state index >= 15 is 0 Å². The second-order valence-corrected chi connectivity index (χ2v) is 6.21. The fraction of sp³-hybridized carbons (Fsp3) is 0.556. The summed E-state index contributed by atoms with van der Waals surface area (Å²) >= 11 is 0. The van der Waals surface area contributed by atoms with Crippen LogP contribution in [-0.4, -0.2) is 44.2 Å². The Bertz CT molecular complexity index is 581. The SMILES string of the molecule is CCOc1ccc(N2CC(C(=O)NCC3CCCO3)CC2=O)cc1. The van der Waals surface area contributed by atoms with E-state index < -0.39 is 0 Å². The molecule has 0 saturated carbocycles. The van der Waals surface area contributed by atoms with Crippen molar-refractivity contribution in [3.05, 3.63) is 24.3 Å². The first-order valence-electron chi connectivity index (χ1n) is 8.60. The Balaban J connectivity index is 1.55. The van der Waals surface area contributed by atoms with Crippen LogP contribution in [-0.2, 0) is 14.3 Å². The first kappa shape index (κ1) is 16.8. The Kier molecular flexibility index (Phi) is 5.35. The summed E-state index contributed by atoms with van der Waals surface area (Å²) < 4.78 is 10.9. The number of hydrogen-bond donors (Lipinski definition) is 1. The van der Waals surface area contributed by atoms with E-state index in [2.05, 4.69) is 5.32 Å². The van der Waals surface area contributed by atoms with E-state index in [1.54, 1.807) is 4.90 Å². The predicted octanol–water partition coefficient (Wildman–Crippen LogP) is 1.73. The summed E-state index contributed by atoms with van der Waals surface area (Å²) in [6.07, 6.45) is 2.41. The molecule has 3 rings (SSSR count). The molecular formula is C18H24N2O4. The van der Waals surface area contributed by atoms with Crippen LogP contribution in [0.3, 0.4) is 0 Å². The second kappa shape index (κ2) is 7.66. The fourth-order valence-electron chi connectivity index (χ4n) is 3.19. The summed E-state index contributed by atoms with van der Waals surface area (Å²) in [6.45, 7) is 4.26. The molecule has 0 aromatic heterocycles. The molecule has 2 heterocycles. The van der Waals surface area contributed by atoms with Crippen molar-refractivity contribution >= 4 is 17.5 Å². The number of carbonyl (C=O) groups is 2. The van der Waals surface area contributed by atoms with Crippen molar-refractivity contribution in [3.8, 4) is 5.75 Å². The lowest BCUT2D eigenvalue weighted by Crippen LogP contribution is -2.37. The molecule has 0 aliphatic carbocycles. The highest BCUT2D eigenvalue weighted by molar-refractivity contribution is 6.00. The molecule has 130 valence electrons. The third-order valence-electron chi connectivity index (χ3n) is 4.48. The number of hydrogen-bond acceptors (Lipinski definition) is 4. The van der Waals surface area contributed by atoms with Gasteiger partial charge in [0, 0.05) is 31.8 Å². The standard InChI is InChI=1S/C18H24N2O4/c1-2-23-15-7-5-14(6-8-15)20-12-13(10-17(20)21)18(22)19-11-16-4-3-9-24-16/h5-8,13,16H,2-4,9-12H2,1H3,(H,19,22). The monoisotopic (exact) mass is 332 g/mol. The molecule has 24 heavy (non-hydrogen) atoms. The number of nitrogens with one attached hydrogen (secondary N) is 1. The molecule has 2 fully saturated rings. The third kappa shape index (κ3) is 3.87. The van der Waals surface area contributed by atoms with Gasteiger partial charge in [-0.3, -0.25) is 9.59 Å². The van der Waals surface area contributed by atoms with Crippen LogP contribution in [0.5, 0.6) is 5.75 Å². The topological polar surface area (TPSA) is 67.9 Å². The summed E-state index contributed by atoms with van der Waals surface area (Å²) in [7, 11) is 0. The molecule has 2 aliphatic heterocycles. The minimum atomic E-state index is -0.300. The van der Waals surface area contributed by atoms with E-state index in [-0.39, 0.29) is 30.3 Å². The Hall–Kier alpha value is -2.08. The van der Waals surface area contributed by atoms with Crippen LogP contribution in [0, 0.1) is 5.92 Å². The van der Waals surface area contributed by atoms with E-state index in [9.17, 15) is 9.59 Å². The quantitative estimate of drug-likeness (QED) is 0.861. The van der Waals surface area contributed by atoms with Crippen LogP contribution < -0.4 is 15.0 Å². The van der Waals surface area contributed by atoms with E-state index in [0.717, 1.165) is 30.9 Å². The van der Waals surface area contributed by atoms with Crippen molar-refractivity contribution in [2.45, 2.75) is 32.3 Å². The summed E-state index contributed by atoms with van der Waals surface area (Å²) in [5.74, 6) is 0.396. The van der Waals surface area contributed by atoms with Crippen molar-refractivity contribution < 1.29 is 19.1 Å². The molecular weight excluding hydrogens is 308 g/mol. The second-order valence-electron chi connectivity index (χ2n) is 6.21. The van der Waals surface area contributed by atoms with Gasteiger partial charge in [0.15, 0.2) is 0 Å². The van der Waals surface area contributed by atoms with Gasteiger partial charge in [0.25, 0.3) is 0 Å². The lowest BCUT2D eigenvalue weighted by Gasteiger charge is -2.17. The Morgan fingerprint density at radius 2 is 2.17 bits per heavy atom. The molecule has 2 atom stereocenters. The summed E-state index contributed by atoms with van der Waals surface area (Å²) in [5.41, 5.74) is 0.804. The molecule has 0 radical (unpaired) electrons. The number of amides is 2. The van der Waals surface area contributed by atoms with Gasteiger partial charge >= 0.3 is 0 Å². The maximum Gasteiger partial charge on any atom is 0.227 e. The van der Waals surface area contributed by atoms with Gasteiger partial charge in [-0.05, 0) is 44.0 Å². The lowest BCUT2D eigenvalue weighted by atomic mass is 10.1. The van der Waals surface area contributed by atoms with Crippen LogP contribution >= 0.6 is 0 Å². The molecule has 1 N–H and O–H groups in total. The van der Waals surface area contributed by atoms with Crippen molar-refractivity contribution in [3.63, 3.8) is 0 Å². The van der Waals surface area contributed by atoms with E-state index in [1.165, 1.54) is 0 Å². The largest absolute Gasteiger partial charge is 0.494 e. The molecule has 6 nitrogen and oxygen atoms in total. The van der Waals surface area contributed by atoms with Crippen molar-refractivity contribution in [1.29, 1.82) is 0 Å². The average molecular weight is 332 g/mol. The van der Waals surface area contributed by atoms with Gasteiger partial charge in [0.05, 0.1) is 18.6 Å². The zero-order chi connectivity index (χ0) is 16.9. The van der Waals surface area contributed by atoms with Crippen molar-refractivity contribution in [2.75, 3.05) is 31.2 Å². The van der Waals surface area contributed by atoms with E-state index in [0.29, 0.717) is 19.7 Å². The number of rotatable bonds is 6. The maximum atomic E-state index is 12.3. The molecule has 2 unspecified atom stereocenters. The van der Waals surface area contributed by atoms with Crippen LogP contribution in [0.15, 0.2) is 24.3 Å². The molecule has 6 heteroatoms. The maximum absolute atomic E-state index is 12.3. The van der Waals surface area contributed by atoms with Gasteiger partial charge in [-0.2, -0.15) is 0 Å². The number of carbonyl (C=O) groups excluding carboxylic acids is 2. The third-order valence-corrected chi connectivity index (χ3v) is 4.48. The van der Waals surface area contributed by atoms with Gasteiger partial charge < -0.3 is 19.7 Å². The Morgan fingerprint density at radius 1 is 1.38 bits per heavy atom. The number of anilines is 1. The molecule has 0 bridgehead atoms. The Labute approximate surface area is 142 Å². The first-order valence-corrected chi connectivity index (χ1v) is 8.60.